The molecule has 2 aromatic heterocycles. The number of rotatable bonds is 5. The Kier molecular flexibility index (Phi) is 8.06. The average Bonchev–Trinajstić information content (AvgIpc) is 3.13. The van der Waals surface area contributed by atoms with Gasteiger partial charge in [-0.2, -0.15) is 10.1 Å². The van der Waals surface area contributed by atoms with Crippen LogP contribution in [0.1, 0.15) is 51.0 Å². The quantitative estimate of drug-likeness (QED) is 0.848. The number of likely N-dealkylation sites (N-methyl/N-ethyl adjacent to an activating group) is 1. The number of hydrogen-bond donors (Lipinski definition) is 1. The van der Waals surface area contributed by atoms with Gasteiger partial charge in [-0.25, -0.2) is 4.52 Å². The number of hydrogen-bond acceptors (Lipinski definition) is 6. The molecule has 0 aliphatic carbocycles. The van der Waals surface area contributed by atoms with Gasteiger partial charge in [0.15, 0.2) is 5.65 Å². The highest BCUT2D eigenvalue weighted by Crippen LogP contribution is 2.30. The highest BCUT2D eigenvalue weighted by Gasteiger charge is 2.21. The minimum atomic E-state index is 0.273. The normalized spacial score (nSPS) is 22.7. The Morgan fingerprint density at radius 2 is 2.11 bits per heavy atom. The van der Waals surface area contributed by atoms with Gasteiger partial charge in [0.1, 0.15) is 6.61 Å². The van der Waals surface area contributed by atoms with Crippen LogP contribution in [0.15, 0.2) is 18.5 Å². The SMILES string of the molecule is CCC1CC(CC)c2cnn3ccc(nc23)OCCN(CCNC)CCCO1. The minimum absolute atomic E-state index is 0.273. The molecule has 28 heavy (non-hydrogen) atoms. The van der Waals surface area contributed by atoms with Gasteiger partial charge in [-0.3, -0.25) is 4.90 Å². The minimum Gasteiger partial charge on any atom is -0.476 e. The molecule has 7 heteroatoms. The Bertz CT molecular complexity index is 720. The predicted molar refractivity (Wildman–Crippen MR) is 111 cm³/mol. The zero-order valence-corrected chi connectivity index (χ0v) is 17.6. The number of nitrogens with one attached hydrogen (secondary N) is 1. The molecular weight excluding hydrogens is 354 g/mol. The molecule has 7 nitrogen and oxygen atoms in total. The third kappa shape index (κ3) is 5.43. The monoisotopic (exact) mass is 389 g/mol. The molecule has 2 unspecified atom stereocenters. The van der Waals surface area contributed by atoms with Crippen LogP contribution in [0.2, 0.25) is 0 Å². The first kappa shape index (κ1) is 21.0. The third-order valence-electron chi connectivity index (χ3n) is 5.61. The van der Waals surface area contributed by atoms with Gasteiger partial charge >= 0.3 is 0 Å². The molecule has 1 N–H and O–H groups in total. The second-order valence-electron chi connectivity index (χ2n) is 7.52. The Morgan fingerprint density at radius 1 is 1.21 bits per heavy atom. The molecule has 0 spiro atoms. The maximum atomic E-state index is 6.26. The van der Waals surface area contributed by atoms with Crippen LogP contribution in [-0.2, 0) is 4.74 Å². The van der Waals surface area contributed by atoms with Crippen molar-refractivity contribution < 1.29 is 9.47 Å². The second kappa shape index (κ2) is 10.7. The Balaban J connectivity index is 1.82. The van der Waals surface area contributed by atoms with Crippen LogP contribution >= 0.6 is 0 Å². The fourth-order valence-electron chi connectivity index (χ4n) is 3.84. The lowest BCUT2D eigenvalue weighted by molar-refractivity contribution is 0.0337. The zero-order chi connectivity index (χ0) is 19.8. The molecule has 0 fully saturated rings. The van der Waals surface area contributed by atoms with E-state index in [2.05, 4.69) is 29.2 Å². The van der Waals surface area contributed by atoms with Crippen LogP contribution in [-0.4, -0.2) is 72.0 Å². The summed E-state index contributed by atoms with van der Waals surface area (Å²) in [7, 11) is 1.99. The molecule has 3 heterocycles. The van der Waals surface area contributed by atoms with E-state index < -0.39 is 0 Å². The standard InChI is InChI=1S/C21H35N5O2/c1-4-17-15-18(5-2)27-13-6-9-25(11-8-22-3)12-14-28-20-7-10-26-21(24-20)19(17)16-23-26/h7,10,16-18,22H,4-6,8-9,11-15H2,1-3H3. The fraction of sp³-hybridized carbons (Fsp3) is 0.714. The van der Waals surface area contributed by atoms with Crippen LogP contribution < -0.4 is 10.1 Å². The van der Waals surface area contributed by atoms with Crippen molar-refractivity contribution in [3.8, 4) is 5.88 Å². The van der Waals surface area contributed by atoms with Gasteiger partial charge in [-0.15, -0.1) is 0 Å². The molecule has 0 radical (unpaired) electrons. The van der Waals surface area contributed by atoms with Gasteiger partial charge in [-0.05, 0) is 38.6 Å². The summed E-state index contributed by atoms with van der Waals surface area (Å²) in [6.07, 6.45) is 8.30. The van der Waals surface area contributed by atoms with E-state index in [0.717, 1.165) is 64.1 Å². The van der Waals surface area contributed by atoms with Gasteiger partial charge in [0.25, 0.3) is 0 Å². The average molecular weight is 390 g/mol. The molecule has 3 rings (SSSR count). The summed E-state index contributed by atoms with van der Waals surface area (Å²) in [5.41, 5.74) is 2.10. The van der Waals surface area contributed by atoms with E-state index in [1.54, 1.807) is 0 Å². The molecule has 2 atom stereocenters. The van der Waals surface area contributed by atoms with Gasteiger partial charge in [0.05, 0.1) is 12.3 Å². The van der Waals surface area contributed by atoms with Crippen molar-refractivity contribution >= 4 is 5.65 Å². The largest absolute Gasteiger partial charge is 0.476 e. The van der Waals surface area contributed by atoms with Crippen molar-refractivity contribution in [3.05, 3.63) is 24.0 Å². The van der Waals surface area contributed by atoms with E-state index >= 15 is 0 Å². The van der Waals surface area contributed by atoms with E-state index in [1.807, 2.05) is 30.0 Å². The molecule has 0 aromatic carbocycles. The summed E-state index contributed by atoms with van der Waals surface area (Å²) in [6, 6.07) is 1.90. The van der Waals surface area contributed by atoms with E-state index in [9.17, 15) is 0 Å². The molecule has 2 bridgehead atoms. The van der Waals surface area contributed by atoms with Crippen molar-refractivity contribution in [2.45, 2.75) is 51.6 Å². The predicted octanol–water partition coefficient (Wildman–Crippen LogP) is 2.71. The Hall–Kier alpha value is -1.70. The highest BCUT2D eigenvalue weighted by molar-refractivity contribution is 5.49. The Labute approximate surface area is 168 Å². The van der Waals surface area contributed by atoms with Crippen LogP contribution in [0.4, 0.5) is 0 Å². The summed E-state index contributed by atoms with van der Waals surface area (Å²) in [6.45, 7) is 9.77. The highest BCUT2D eigenvalue weighted by atomic mass is 16.5. The topological polar surface area (TPSA) is 63.9 Å². The van der Waals surface area contributed by atoms with Crippen LogP contribution in [0.5, 0.6) is 5.88 Å². The number of ether oxygens (including phenoxy) is 2. The van der Waals surface area contributed by atoms with Crippen LogP contribution in [0.3, 0.4) is 0 Å². The van der Waals surface area contributed by atoms with Crippen molar-refractivity contribution in [2.75, 3.05) is 46.4 Å². The fourth-order valence-corrected chi connectivity index (χ4v) is 3.84. The molecule has 1 aliphatic rings. The lowest BCUT2D eigenvalue weighted by Gasteiger charge is -2.24. The summed E-state index contributed by atoms with van der Waals surface area (Å²) in [4.78, 5) is 7.20. The van der Waals surface area contributed by atoms with E-state index in [1.165, 1.54) is 5.56 Å². The maximum absolute atomic E-state index is 6.26. The van der Waals surface area contributed by atoms with Crippen molar-refractivity contribution in [1.29, 1.82) is 0 Å². The smallest absolute Gasteiger partial charge is 0.216 e. The van der Waals surface area contributed by atoms with Gasteiger partial charge in [0, 0.05) is 50.6 Å². The molecule has 0 saturated carbocycles. The van der Waals surface area contributed by atoms with E-state index in [4.69, 9.17) is 14.5 Å². The molecule has 0 saturated heterocycles. The lowest BCUT2D eigenvalue weighted by atomic mass is 9.91. The Morgan fingerprint density at radius 3 is 2.89 bits per heavy atom. The van der Waals surface area contributed by atoms with Crippen molar-refractivity contribution in [1.82, 2.24) is 24.8 Å². The molecule has 1 aliphatic heterocycles. The van der Waals surface area contributed by atoms with Crippen molar-refractivity contribution in [3.63, 3.8) is 0 Å². The summed E-state index contributed by atoms with van der Waals surface area (Å²) >= 11 is 0. The van der Waals surface area contributed by atoms with E-state index in [-0.39, 0.29) is 6.10 Å². The summed E-state index contributed by atoms with van der Waals surface area (Å²) < 4.78 is 14.1. The molecule has 0 amide bonds. The molecule has 156 valence electrons. The molecular formula is C21H35N5O2. The van der Waals surface area contributed by atoms with Gasteiger partial charge in [0.2, 0.25) is 5.88 Å². The van der Waals surface area contributed by atoms with Crippen LogP contribution in [0.25, 0.3) is 5.65 Å². The van der Waals surface area contributed by atoms with E-state index in [0.29, 0.717) is 18.4 Å². The number of aromatic nitrogens is 3. The zero-order valence-electron chi connectivity index (χ0n) is 17.6. The summed E-state index contributed by atoms with van der Waals surface area (Å²) in [5.74, 6) is 1.07. The maximum Gasteiger partial charge on any atom is 0.216 e. The first-order valence-corrected chi connectivity index (χ1v) is 10.7. The number of nitrogens with zero attached hydrogens (tertiary/aromatic N) is 4. The third-order valence-corrected chi connectivity index (χ3v) is 5.61. The lowest BCUT2D eigenvalue weighted by Crippen LogP contribution is -2.35. The first-order valence-electron chi connectivity index (χ1n) is 10.7. The molecule has 2 aromatic rings. The van der Waals surface area contributed by atoms with Crippen molar-refractivity contribution in [2.24, 2.45) is 0 Å². The summed E-state index contributed by atoms with van der Waals surface area (Å²) in [5, 5.41) is 7.74. The van der Waals surface area contributed by atoms with Gasteiger partial charge in [-0.1, -0.05) is 13.8 Å². The number of fused-ring (bicyclic) bond motifs is 1. The van der Waals surface area contributed by atoms with Crippen LogP contribution in [0, 0.1) is 0 Å². The second-order valence-corrected chi connectivity index (χ2v) is 7.52. The first-order chi connectivity index (χ1) is 13.7. The van der Waals surface area contributed by atoms with Gasteiger partial charge < -0.3 is 14.8 Å².